The van der Waals surface area contributed by atoms with Crippen molar-refractivity contribution < 1.29 is 14.3 Å². The number of carbonyl (C=O) groups excluding carboxylic acids is 2. The topological polar surface area (TPSA) is 97.0 Å². The second kappa shape index (κ2) is 9.55. The maximum absolute atomic E-state index is 12.5. The Balaban J connectivity index is 1.26. The third kappa shape index (κ3) is 5.17. The molecule has 1 aromatic heterocycles. The van der Waals surface area contributed by atoms with E-state index in [9.17, 15) is 9.59 Å². The monoisotopic (exact) mass is 418 g/mol. The minimum absolute atomic E-state index is 0.00461. The van der Waals surface area contributed by atoms with Crippen LogP contribution in [0.25, 0.3) is 11.4 Å². The molecule has 1 aliphatic rings. The number of methoxy groups -OCH3 is 1. The predicted octanol–water partition coefficient (Wildman–Crippen LogP) is 3.64. The predicted molar refractivity (Wildman–Crippen MR) is 117 cm³/mol. The first-order valence-electron chi connectivity index (χ1n) is 10.6. The van der Waals surface area contributed by atoms with Crippen LogP contribution in [0.15, 0.2) is 42.5 Å². The summed E-state index contributed by atoms with van der Waals surface area (Å²) in [6.07, 6.45) is 4.86. The largest absolute Gasteiger partial charge is 0.497 e. The molecule has 1 aliphatic carbocycles. The summed E-state index contributed by atoms with van der Waals surface area (Å²) in [6.45, 7) is 0.231. The first-order valence-corrected chi connectivity index (χ1v) is 10.6. The van der Waals surface area contributed by atoms with Gasteiger partial charge >= 0.3 is 0 Å². The Kier molecular flexibility index (Phi) is 6.40. The molecule has 0 bridgehead atoms. The first kappa shape index (κ1) is 20.8. The number of amides is 1. The Bertz CT molecular complexity index is 1070. The smallest absolute Gasteiger partial charge is 0.220 e. The number of aryl methyl sites for hydroxylation is 2. The highest BCUT2D eigenvalue weighted by molar-refractivity contribution is 5.98. The number of ether oxygens (including phenoxy) is 1. The molecule has 31 heavy (non-hydrogen) atoms. The molecule has 2 aromatic carbocycles. The van der Waals surface area contributed by atoms with Gasteiger partial charge in [-0.15, -0.1) is 0 Å². The molecule has 0 aliphatic heterocycles. The van der Waals surface area contributed by atoms with Gasteiger partial charge in [0.1, 0.15) is 11.6 Å². The maximum atomic E-state index is 12.5. The van der Waals surface area contributed by atoms with Crippen LogP contribution in [0.4, 0.5) is 0 Å². The number of benzene rings is 2. The summed E-state index contributed by atoms with van der Waals surface area (Å²) < 4.78 is 5.15. The van der Waals surface area contributed by atoms with Crippen LogP contribution in [0.3, 0.4) is 0 Å². The van der Waals surface area contributed by atoms with Crippen LogP contribution < -0.4 is 10.1 Å². The first-order chi connectivity index (χ1) is 15.1. The highest BCUT2D eigenvalue weighted by Gasteiger charge is 2.14. The Morgan fingerprint density at radius 2 is 1.81 bits per heavy atom. The second-order valence-corrected chi connectivity index (χ2v) is 7.72. The summed E-state index contributed by atoms with van der Waals surface area (Å²) >= 11 is 0. The van der Waals surface area contributed by atoms with Gasteiger partial charge in [-0.25, -0.2) is 4.98 Å². The fraction of sp³-hybridized carbons (Fsp3) is 0.333. The Hall–Kier alpha value is -3.48. The van der Waals surface area contributed by atoms with Crippen molar-refractivity contribution in [2.24, 2.45) is 0 Å². The molecular formula is C24H26N4O3. The number of hydrogen-bond acceptors (Lipinski definition) is 5. The maximum Gasteiger partial charge on any atom is 0.220 e. The highest BCUT2D eigenvalue weighted by atomic mass is 16.5. The van der Waals surface area contributed by atoms with E-state index in [0.29, 0.717) is 17.2 Å². The van der Waals surface area contributed by atoms with Gasteiger partial charge in [0.2, 0.25) is 5.91 Å². The van der Waals surface area contributed by atoms with Gasteiger partial charge in [0.25, 0.3) is 0 Å². The van der Waals surface area contributed by atoms with Crippen LogP contribution in [-0.2, 0) is 24.2 Å². The van der Waals surface area contributed by atoms with E-state index in [1.165, 1.54) is 24.0 Å². The normalized spacial score (nSPS) is 12.8. The number of Topliss-reactive ketones (excluding diaryl/α,β-unsaturated/α-hetero) is 1. The summed E-state index contributed by atoms with van der Waals surface area (Å²) in [5.74, 6) is 1.69. The molecule has 0 spiro atoms. The minimum Gasteiger partial charge on any atom is -0.497 e. The molecular weight excluding hydrogens is 392 g/mol. The molecule has 4 rings (SSSR count). The Morgan fingerprint density at radius 3 is 2.58 bits per heavy atom. The van der Waals surface area contributed by atoms with Crippen LogP contribution in [0, 0.1) is 0 Å². The van der Waals surface area contributed by atoms with Crippen molar-refractivity contribution in [3.8, 4) is 17.1 Å². The van der Waals surface area contributed by atoms with E-state index in [0.717, 1.165) is 24.2 Å². The molecule has 3 aromatic rings. The summed E-state index contributed by atoms with van der Waals surface area (Å²) in [7, 11) is 1.61. The van der Waals surface area contributed by atoms with E-state index < -0.39 is 0 Å². The molecule has 1 heterocycles. The highest BCUT2D eigenvalue weighted by Crippen LogP contribution is 2.23. The zero-order valence-corrected chi connectivity index (χ0v) is 17.6. The minimum atomic E-state index is -0.186. The van der Waals surface area contributed by atoms with Gasteiger partial charge in [-0.05, 0) is 67.1 Å². The summed E-state index contributed by atoms with van der Waals surface area (Å²) in [6, 6.07) is 13.4. The number of rotatable bonds is 8. The van der Waals surface area contributed by atoms with Crippen LogP contribution in [-0.4, -0.2) is 34.0 Å². The SMILES string of the molecule is COc1ccc(-c2n[nH]c(CNC(=O)CCC(=O)c3ccc4c(c3)CCCC4)n2)cc1. The van der Waals surface area contributed by atoms with E-state index in [1.54, 1.807) is 7.11 Å². The lowest BCUT2D eigenvalue weighted by atomic mass is 9.89. The number of aromatic nitrogens is 3. The van der Waals surface area contributed by atoms with Gasteiger partial charge in [-0.3, -0.25) is 14.7 Å². The number of nitrogens with one attached hydrogen (secondary N) is 2. The van der Waals surface area contributed by atoms with E-state index in [4.69, 9.17) is 4.74 Å². The van der Waals surface area contributed by atoms with Crippen molar-refractivity contribution in [3.63, 3.8) is 0 Å². The lowest BCUT2D eigenvalue weighted by molar-refractivity contribution is -0.121. The number of hydrogen-bond donors (Lipinski definition) is 2. The standard InChI is InChI=1S/C24H26N4O3/c1-31-20-10-8-17(9-11-20)24-26-22(27-28-24)15-25-23(30)13-12-21(29)19-7-6-16-4-2-3-5-18(16)14-19/h6-11,14H,2-5,12-13,15H2,1H3,(H,25,30)(H,26,27,28). The number of H-pyrrole nitrogens is 1. The van der Waals surface area contributed by atoms with Crippen LogP contribution in [0.1, 0.15) is 53.0 Å². The number of carbonyl (C=O) groups is 2. The molecule has 1 amide bonds. The fourth-order valence-corrected chi connectivity index (χ4v) is 3.79. The molecule has 160 valence electrons. The Morgan fingerprint density at radius 1 is 1.03 bits per heavy atom. The third-order valence-electron chi connectivity index (χ3n) is 5.58. The van der Waals surface area contributed by atoms with E-state index in [2.05, 4.69) is 26.6 Å². The zero-order valence-electron chi connectivity index (χ0n) is 17.6. The van der Waals surface area contributed by atoms with Crippen molar-refractivity contribution in [2.45, 2.75) is 45.1 Å². The molecule has 0 unspecified atom stereocenters. The van der Waals surface area contributed by atoms with Gasteiger partial charge in [-0.2, -0.15) is 5.10 Å². The summed E-state index contributed by atoms with van der Waals surface area (Å²) in [5, 5.41) is 9.81. The van der Waals surface area contributed by atoms with Crippen molar-refractivity contribution >= 4 is 11.7 Å². The van der Waals surface area contributed by atoms with Crippen molar-refractivity contribution in [1.82, 2.24) is 20.5 Å². The average molecular weight is 418 g/mol. The van der Waals surface area contributed by atoms with Crippen LogP contribution in [0.5, 0.6) is 5.75 Å². The van der Waals surface area contributed by atoms with Crippen LogP contribution in [0.2, 0.25) is 0 Å². The van der Waals surface area contributed by atoms with Crippen LogP contribution >= 0.6 is 0 Å². The molecule has 0 fully saturated rings. The molecule has 0 saturated carbocycles. The Labute approximate surface area is 181 Å². The lowest BCUT2D eigenvalue weighted by Gasteiger charge is -2.16. The molecule has 2 N–H and O–H groups in total. The number of fused-ring (bicyclic) bond motifs is 1. The van der Waals surface area contributed by atoms with Crippen molar-refractivity contribution in [1.29, 1.82) is 0 Å². The molecule has 0 saturated heterocycles. The summed E-state index contributed by atoms with van der Waals surface area (Å²) in [5.41, 5.74) is 4.18. The zero-order chi connectivity index (χ0) is 21.6. The molecule has 0 atom stereocenters. The quantitative estimate of drug-likeness (QED) is 0.545. The molecule has 7 heteroatoms. The van der Waals surface area contributed by atoms with E-state index in [1.807, 2.05) is 36.4 Å². The van der Waals surface area contributed by atoms with Gasteiger partial charge in [0, 0.05) is 24.0 Å². The summed E-state index contributed by atoms with van der Waals surface area (Å²) in [4.78, 5) is 29.1. The van der Waals surface area contributed by atoms with Crippen molar-refractivity contribution in [2.75, 3.05) is 7.11 Å². The lowest BCUT2D eigenvalue weighted by Crippen LogP contribution is -2.24. The molecule has 0 radical (unpaired) electrons. The van der Waals surface area contributed by atoms with E-state index in [-0.39, 0.29) is 31.1 Å². The van der Waals surface area contributed by atoms with Gasteiger partial charge in [0.15, 0.2) is 11.6 Å². The second-order valence-electron chi connectivity index (χ2n) is 7.72. The number of ketones is 1. The number of nitrogens with zero attached hydrogens (tertiary/aromatic N) is 2. The van der Waals surface area contributed by atoms with Gasteiger partial charge < -0.3 is 10.1 Å². The van der Waals surface area contributed by atoms with Gasteiger partial charge in [-0.1, -0.05) is 12.1 Å². The average Bonchev–Trinajstić information content (AvgIpc) is 3.30. The third-order valence-corrected chi connectivity index (χ3v) is 5.58. The fourth-order valence-electron chi connectivity index (χ4n) is 3.79. The molecule has 7 nitrogen and oxygen atoms in total. The van der Waals surface area contributed by atoms with Crippen molar-refractivity contribution in [3.05, 3.63) is 65.0 Å². The van der Waals surface area contributed by atoms with Gasteiger partial charge in [0.05, 0.1) is 13.7 Å². The number of aromatic amines is 1. The van der Waals surface area contributed by atoms with E-state index >= 15 is 0 Å².